The van der Waals surface area contributed by atoms with Gasteiger partial charge in [0.15, 0.2) is 5.96 Å². The second-order valence-electron chi connectivity index (χ2n) is 6.96. The Kier molecular flexibility index (Phi) is 8.34. The third-order valence-electron chi connectivity index (χ3n) is 3.87. The van der Waals surface area contributed by atoms with Gasteiger partial charge in [-0.2, -0.15) is 0 Å². The molecule has 0 radical (unpaired) electrons. The van der Waals surface area contributed by atoms with Crippen LogP contribution in [-0.4, -0.2) is 58.2 Å². The minimum Gasteiger partial charge on any atom is -0.444 e. The molecule has 0 aliphatic carbocycles. The van der Waals surface area contributed by atoms with Crippen molar-refractivity contribution in [2.45, 2.75) is 32.9 Å². The Hall–Kier alpha value is -0.870. The molecule has 0 bridgehead atoms. The molecular formula is C16H26Cl2IN5O2. The molecule has 0 unspecified atom stereocenters. The summed E-state index contributed by atoms with van der Waals surface area (Å²) >= 11 is 12.0. The standard InChI is InChI=1S/C16H25Cl2N5O2.HI/c1-16(2,3)25-15(24)23-7-5-22(6-8-23)14(19)20-10-11-9-12(17)13(18)21(11)4;/h9H,5-8,10H2,1-4H3,(H2,19,20);1H. The summed E-state index contributed by atoms with van der Waals surface area (Å²) in [6.45, 7) is 8.28. The van der Waals surface area contributed by atoms with E-state index in [-0.39, 0.29) is 30.1 Å². The Balaban J connectivity index is 0.00000338. The Morgan fingerprint density at radius 1 is 1.23 bits per heavy atom. The molecular weight excluding hydrogens is 492 g/mol. The number of aliphatic imine (C=N–C) groups is 1. The first-order chi connectivity index (χ1) is 11.6. The van der Waals surface area contributed by atoms with Gasteiger partial charge < -0.3 is 24.8 Å². The molecule has 1 aromatic heterocycles. The van der Waals surface area contributed by atoms with E-state index in [1.807, 2.05) is 32.7 Å². The molecule has 1 fully saturated rings. The lowest BCUT2D eigenvalue weighted by molar-refractivity contribution is 0.0186. The highest BCUT2D eigenvalue weighted by molar-refractivity contribution is 14.0. The molecule has 10 heteroatoms. The number of ether oxygens (including phenoxy) is 1. The number of hydrogen-bond donors (Lipinski definition) is 1. The lowest BCUT2D eigenvalue weighted by atomic mass is 10.2. The van der Waals surface area contributed by atoms with Gasteiger partial charge in [-0.1, -0.05) is 23.2 Å². The highest BCUT2D eigenvalue weighted by Gasteiger charge is 2.26. The molecule has 2 N–H and O–H groups in total. The van der Waals surface area contributed by atoms with Crippen molar-refractivity contribution in [3.8, 4) is 0 Å². The molecule has 1 saturated heterocycles. The Morgan fingerprint density at radius 2 is 1.77 bits per heavy atom. The van der Waals surface area contributed by atoms with Crippen molar-refractivity contribution in [2.75, 3.05) is 26.2 Å². The molecule has 0 aromatic carbocycles. The maximum Gasteiger partial charge on any atom is 0.410 e. The zero-order valence-electron chi connectivity index (χ0n) is 15.5. The van der Waals surface area contributed by atoms with Crippen molar-refractivity contribution in [1.29, 1.82) is 0 Å². The summed E-state index contributed by atoms with van der Waals surface area (Å²) in [5.41, 5.74) is 6.47. The lowest BCUT2D eigenvalue weighted by Gasteiger charge is -2.36. The van der Waals surface area contributed by atoms with Gasteiger partial charge in [-0.3, -0.25) is 0 Å². The Bertz CT molecular complexity index is 664. The first-order valence-corrected chi connectivity index (χ1v) is 8.86. The van der Waals surface area contributed by atoms with Crippen LogP contribution in [0.2, 0.25) is 10.2 Å². The third-order valence-corrected chi connectivity index (χ3v) is 4.72. The molecule has 2 heterocycles. The summed E-state index contributed by atoms with van der Waals surface area (Å²) in [6, 6.07) is 1.78. The van der Waals surface area contributed by atoms with Gasteiger partial charge in [0.25, 0.3) is 0 Å². The normalized spacial score (nSPS) is 15.7. The minimum absolute atomic E-state index is 0. The van der Waals surface area contributed by atoms with Gasteiger partial charge >= 0.3 is 6.09 Å². The van der Waals surface area contributed by atoms with Crippen LogP contribution in [-0.2, 0) is 18.3 Å². The summed E-state index contributed by atoms with van der Waals surface area (Å²) in [5, 5.41) is 0.982. The average molecular weight is 518 g/mol. The van der Waals surface area contributed by atoms with Crippen LogP contribution in [0.25, 0.3) is 0 Å². The number of guanidine groups is 1. The summed E-state index contributed by atoms with van der Waals surface area (Å²) in [4.78, 5) is 20.1. The fourth-order valence-corrected chi connectivity index (χ4v) is 2.86. The topological polar surface area (TPSA) is 76.1 Å². The van der Waals surface area contributed by atoms with E-state index in [9.17, 15) is 4.79 Å². The molecule has 1 amide bonds. The van der Waals surface area contributed by atoms with Crippen molar-refractivity contribution >= 4 is 59.2 Å². The summed E-state index contributed by atoms with van der Waals surface area (Å²) in [7, 11) is 1.83. The number of carbonyl (C=O) groups excluding carboxylic acids is 1. The van der Waals surface area contributed by atoms with Gasteiger partial charge in [-0.15, -0.1) is 24.0 Å². The van der Waals surface area contributed by atoms with Gasteiger partial charge in [-0.25, -0.2) is 9.79 Å². The van der Waals surface area contributed by atoms with Gasteiger partial charge in [-0.05, 0) is 26.8 Å². The van der Waals surface area contributed by atoms with E-state index >= 15 is 0 Å². The second-order valence-corrected chi connectivity index (χ2v) is 7.73. The number of amides is 1. The fourth-order valence-electron chi connectivity index (χ4n) is 2.45. The molecule has 26 heavy (non-hydrogen) atoms. The first kappa shape index (κ1) is 23.2. The first-order valence-electron chi connectivity index (χ1n) is 8.11. The zero-order chi connectivity index (χ0) is 18.8. The van der Waals surface area contributed by atoms with E-state index in [0.717, 1.165) is 5.69 Å². The predicted octanol–water partition coefficient (Wildman–Crippen LogP) is 3.32. The molecule has 148 valence electrons. The number of aromatic nitrogens is 1. The van der Waals surface area contributed by atoms with E-state index in [1.54, 1.807) is 15.5 Å². The van der Waals surface area contributed by atoms with Crippen molar-refractivity contribution in [2.24, 2.45) is 17.8 Å². The molecule has 0 saturated carbocycles. The van der Waals surface area contributed by atoms with Crippen LogP contribution in [0, 0.1) is 0 Å². The number of piperazine rings is 1. The SMILES string of the molecule is Cn1c(CN=C(N)N2CCN(C(=O)OC(C)(C)C)CC2)cc(Cl)c1Cl.I. The number of carbonyl (C=O) groups is 1. The molecule has 0 atom stereocenters. The summed E-state index contributed by atoms with van der Waals surface area (Å²) < 4.78 is 7.16. The number of rotatable bonds is 2. The van der Waals surface area contributed by atoms with E-state index in [4.69, 9.17) is 33.7 Å². The maximum atomic E-state index is 12.1. The average Bonchev–Trinajstić information content (AvgIpc) is 2.78. The van der Waals surface area contributed by atoms with Crippen LogP contribution >= 0.6 is 47.2 Å². The molecule has 7 nitrogen and oxygen atoms in total. The molecule has 1 aliphatic heterocycles. The van der Waals surface area contributed by atoms with Crippen LogP contribution in [0.5, 0.6) is 0 Å². The van der Waals surface area contributed by atoms with Gasteiger partial charge in [0, 0.05) is 38.9 Å². The fraction of sp³-hybridized carbons (Fsp3) is 0.625. The van der Waals surface area contributed by atoms with Crippen molar-refractivity contribution in [1.82, 2.24) is 14.4 Å². The van der Waals surface area contributed by atoms with Gasteiger partial charge in [0.2, 0.25) is 0 Å². The molecule has 1 aromatic rings. The van der Waals surface area contributed by atoms with E-state index < -0.39 is 5.60 Å². The monoisotopic (exact) mass is 517 g/mol. The number of halogens is 3. The number of nitrogens with two attached hydrogens (primary N) is 1. The van der Waals surface area contributed by atoms with Crippen LogP contribution in [0.4, 0.5) is 4.79 Å². The van der Waals surface area contributed by atoms with Gasteiger partial charge in [0.05, 0.1) is 11.6 Å². The minimum atomic E-state index is -0.494. The number of hydrogen-bond acceptors (Lipinski definition) is 3. The molecule has 2 rings (SSSR count). The highest BCUT2D eigenvalue weighted by atomic mass is 127. The van der Waals surface area contributed by atoms with Gasteiger partial charge in [0.1, 0.15) is 10.8 Å². The predicted molar refractivity (Wildman–Crippen MR) is 116 cm³/mol. The highest BCUT2D eigenvalue weighted by Crippen LogP contribution is 2.25. The lowest BCUT2D eigenvalue weighted by Crippen LogP contribution is -2.53. The third kappa shape index (κ3) is 6.09. The quantitative estimate of drug-likeness (QED) is 0.371. The smallest absolute Gasteiger partial charge is 0.410 e. The Labute approximate surface area is 181 Å². The van der Waals surface area contributed by atoms with E-state index in [1.165, 1.54) is 0 Å². The Morgan fingerprint density at radius 3 is 2.23 bits per heavy atom. The number of nitrogens with zero attached hydrogens (tertiary/aromatic N) is 4. The van der Waals surface area contributed by atoms with Crippen LogP contribution in [0.15, 0.2) is 11.1 Å². The van der Waals surface area contributed by atoms with E-state index in [2.05, 4.69) is 4.99 Å². The largest absolute Gasteiger partial charge is 0.444 e. The van der Waals surface area contributed by atoms with Crippen LogP contribution < -0.4 is 5.73 Å². The van der Waals surface area contributed by atoms with Crippen LogP contribution in [0.1, 0.15) is 26.5 Å². The summed E-state index contributed by atoms with van der Waals surface area (Å²) in [6.07, 6.45) is -0.296. The second kappa shape index (κ2) is 9.36. The van der Waals surface area contributed by atoms with Crippen molar-refractivity contribution < 1.29 is 9.53 Å². The van der Waals surface area contributed by atoms with E-state index in [0.29, 0.717) is 48.9 Å². The molecule has 0 spiro atoms. The maximum absolute atomic E-state index is 12.1. The van der Waals surface area contributed by atoms with Crippen molar-refractivity contribution in [3.05, 3.63) is 21.9 Å². The van der Waals surface area contributed by atoms with Crippen LogP contribution in [0.3, 0.4) is 0 Å². The summed E-state index contributed by atoms with van der Waals surface area (Å²) in [5.74, 6) is 0.442. The van der Waals surface area contributed by atoms with Crippen molar-refractivity contribution in [3.63, 3.8) is 0 Å². The molecule has 1 aliphatic rings. The zero-order valence-corrected chi connectivity index (χ0v) is 19.3.